The van der Waals surface area contributed by atoms with E-state index in [9.17, 15) is 0 Å². The fraction of sp³-hybridized carbons (Fsp3) is 0.538. The minimum absolute atomic E-state index is 0.300. The van der Waals surface area contributed by atoms with Crippen LogP contribution in [-0.2, 0) is 6.42 Å². The van der Waals surface area contributed by atoms with Crippen LogP contribution in [0.3, 0.4) is 0 Å². The van der Waals surface area contributed by atoms with Crippen LogP contribution in [0.25, 0.3) is 0 Å². The minimum Gasteiger partial charge on any atom is -0.327 e. The molecule has 15 heavy (non-hydrogen) atoms. The average Bonchev–Trinajstić information content (AvgIpc) is 2.20. The summed E-state index contributed by atoms with van der Waals surface area (Å²) in [5.74, 6) is 0. The first-order valence-electron chi connectivity index (χ1n) is 5.63. The van der Waals surface area contributed by atoms with Crippen LogP contribution >= 0.6 is 11.8 Å². The lowest BCUT2D eigenvalue weighted by atomic mass is 10.1. The maximum absolute atomic E-state index is 5.92. The van der Waals surface area contributed by atoms with Crippen molar-refractivity contribution < 1.29 is 0 Å². The highest BCUT2D eigenvalue weighted by molar-refractivity contribution is 7.99. The van der Waals surface area contributed by atoms with E-state index in [0.717, 1.165) is 12.8 Å². The largest absolute Gasteiger partial charge is 0.327 e. The molecule has 1 aromatic carbocycles. The predicted molar refractivity (Wildman–Crippen MR) is 69.4 cm³/mol. The quantitative estimate of drug-likeness (QED) is 0.774. The van der Waals surface area contributed by atoms with Crippen LogP contribution in [0.5, 0.6) is 0 Å². The summed E-state index contributed by atoms with van der Waals surface area (Å²) >= 11 is 1.90. The van der Waals surface area contributed by atoms with E-state index in [1.54, 1.807) is 0 Å². The van der Waals surface area contributed by atoms with E-state index in [2.05, 4.69) is 45.0 Å². The van der Waals surface area contributed by atoms with Gasteiger partial charge in [0, 0.05) is 16.2 Å². The molecule has 0 amide bonds. The molecule has 1 aromatic rings. The van der Waals surface area contributed by atoms with Gasteiger partial charge in [0.2, 0.25) is 0 Å². The smallest absolute Gasteiger partial charge is 0.00766 e. The van der Waals surface area contributed by atoms with Crippen molar-refractivity contribution in [2.24, 2.45) is 5.73 Å². The molecular formula is C13H21NS. The Kier molecular flexibility index (Phi) is 5.20. The summed E-state index contributed by atoms with van der Waals surface area (Å²) < 4.78 is 0. The van der Waals surface area contributed by atoms with Gasteiger partial charge >= 0.3 is 0 Å². The molecule has 0 fully saturated rings. The molecule has 0 heterocycles. The molecule has 0 aliphatic rings. The van der Waals surface area contributed by atoms with Gasteiger partial charge in [-0.05, 0) is 30.5 Å². The molecule has 1 atom stereocenters. The Hall–Kier alpha value is -0.470. The van der Waals surface area contributed by atoms with Crippen LogP contribution in [0.2, 0.25) is 0 Å². The van der Waals surface area contributed by atoms with Gasteiger partial charge in [-0.2, -0.15) is 0 Å². The highest BCUT2D eigenvalue weighted by Gasteiger charge is 2.02. The summed E-state index contributed by atoms with van der Waals surface area (Å²) in [6.07, 6.45) is 2.03. The zero-order chi connectivity index (χ0) is 11.3. The zero-order valence-electron chi connectivity index (χ0n) is 9.86. The van der Waals surface area contributed by atoms with Gasteiger partial charge in [0.1, 0.15) is 0 Å². The second-order valence-corrected chi connectivity index (χ2v) is 5.83. The summed E-state index contributed by atoms with van der Waals surface area (Å²) in [5, 5.41) is 0.647. The van der Waals surface area contributed by atoms with Gasteiger partial charge in [0.25, 0.3) is 0 Å². The molecule has 2 N–H and O–H groups in total. The summed E-state index contributed by atoms with van der Waals surface area (Å²) in [6, 6.07) is 9.08. The summed E-state index contributed by atoms with van der Waals surface area (Å²) in [5.41, 5.74) is 7.26. The average molecular weight is 223 g/mol. The van der Waals surface area contributed by atoms with Crippen LogP contribution < -0.4 is 5.73 Å². The molecule has 1 unspecified atom stereocenters. The maximum Gasteiger partial charge on any atom is 0.00766 e. The fourth-order valence-corrected chi connectivity index (χ4v) is 2.26. The Morgan fingerprint density at radius 2 is 1.80 bits per heavy atom. The van der Waals surface area contributed by atoms with Crippen molar-refractivity contribution in [2.45, 2.75) is 49.8 Å². The van der Waals surface area contributed by atoms with E-state index in [1.807, 2.05) is 11.8 Å². The maximum atomic E-state index is 5.92. The molecule has 0 aliphatic heterocycles. The Morgan fingerprint density at radius 1 is 1.20 bits per heavy atom. The first kappa shape index (κ1) is 12.6. The Bertz CT molecular complexity index is 279. The second kappa shape index (κ2) is 6.19. The van der Waals surface area contributed by atoms with Crippen molar-refractivity contribution in [3.8, 4) is 0 Å². The van der Waals surface area contributed by atoms with E-state index < -0.39 is 0 Å². The third-order valence-electron chi connectivity index (χ3n) is 2.32. The van der Waals surface area contributed by atoms with Crippen LogP contribution in [0.15, 0.2) is 29.2 Å². The van der Waals surface area contributed by atoms with E-state index in [1.165, 1.54) is 10.5 Å². The van der Waals surface area contributed by atoms with Gasteiger partial charge in [-0.1, -0.05) is 32.9 Å². The number of benzene rings is 1. The monoisotopic (exact) mass is 223 g/mol. The van der Waals surface area contributed by atoms with Gasteiger partial charge < -0.3 is 5.73 Å². The molecule has 2 heteroatoms. The van der Waals surface area contributed by atoms with Gasteiger partial charge in [0.05, 0.1) is 0 Å². The normalized spacial score (nSPS) is 13.1. The number of nitrogens with two attached hydrogens (primary N) is 1. The van der Waals surface area contributed by atoms with Crippen molar-refractivity contribution in [1.29, 1.82) is 0 Å². The lowest BCUT2D eigenvalue weighted by molar-refractivity contribution is 0.646. The standard InChI is InChI=1S/C13H21NS/c1-4-12(14)9-11-5-7-13(8-6-11)15-10(2)3/h5-8,10,12H,4,9,14H2,1-3H3. The molecule has 0 radical (unpaired) electrons. The second-order valence-electron chi connectivity index (χ2n) is 4.18. The Morgan fingerprint density at radius 3 is 2.27 bits per heavy atom. The fourth-order valence-electron chi connectivity index (χ4n) is 1.42. The third kappa shape index (κ3) is 4.72. The lowest BCUT2D eigenvalue weighted by Gasteiger charge is -2.09. The van der Waals surface area contributed by atoms with Crippen LogP contribution in [0.1, 0.15) is 32.8 Å². The van der Waals surface area contributed by atoms with Gasteiger partial charge in [-0.25, -0.2) is 0 Å². The van der Waals surface area contributed by atoms with Crippen molar-refractivity contribution in [3.63, 3.8) is 0 Å². The number of hydrogen-bond donors (Lipinski definition) is 1. The van der Waals surface area contributed by atoms with Gasteiger partial charge in [0.15, 0.2) is 0 Å². The van der Waals surface area contributed by atoms with E-state index >= 15 is 0 Å². The molecule has 0 bridgehead atoms. The Balaban J connectivity index is 2.56. The molecule has 84 valence electrons. The highest BCUT2D eigenvalue weighted by atomic mass is 32.2. The predicted octanol–water partition coefficient (Wildman–Crippen LogP) is 3.47. The van der Waals surface area contributed by atoms with E-state index in [0.29, 0.717) is 11.3 Å². The summed E-state index contributed by atoms with van der Waals surface area (Å²) in [6.45, 7) is 6.56. The van der Waals surface area contributed by atoms with Crippen molar-refractivity contribution in [3.05, 3.63) is 29.8 Å². The van der Waals surface area contributed by atoms with E-state index in [4.69, 9.17) is 5.73 Å². The minimum atomic E-state index is 0.300. The molecule has 0 saturated carbocycles. The molecule has 0 spiro atoms. The van der Waals surface area contributed by atoms with Crippen LogP contribution in [-0.4, -0.2) is 11.3 Å². The number of rotatable bonds is 5. The van der Waals surface area contributed by atoms with Crippen LogP contribution in [0, 0.1) is 0 Å². The summed E-state index contributed by atoms with van der Waals surface area (Å²) in [7, 11) is 0. The number of hydrogen-bond acceptors (Lipinski definition) is 2. The summed E-state index contributed by atoms with van der Waals surface area (Å²) in [4.78, 5) is 1.35. The van der Waals surface area contributed by atoms with Crippen LogP contribution in [0.4, 0.5) is 0 Å². The molecule has 1 rings (SSSR count). The first-order valence-corrected chi connectivity index (χ1v) is 6.51. The van der Waals surface area contributed by atoms with Crippen molar-refractivity contribution in [2.75, 3.05) is 0 Å². The number of thioether (sulfide) groups is 1. The van der Waals surface area contributed by atoms with Crippen molar-refractivity contribution in [1.82, 2.24) is 0 Å². The van der Waals surface area contributed by atoms with E-state index in [-0.39, 0.29) is 0 Å². The molecule has 1 nitrogen and oxygen atoms in total. The lowest BCUT2D eigenvalue weighted by Crippen LogP contribution is -2.21. The molecule has 0 aromatic heterocycles. The van der Waals surface area contributed by atoms with Gasteiger partial charge in [-0.15, -0.1) is 11.8 Å². The molecular weight excluding hydrogens is 202 g/mol. The zero-order valence-corrected chi connectivity index (χ0v) is 10.7. The molecule has 0 aliphatic carbocycles. The third-order valence-corrected chi connectivity index (χ3v) is 3.33. The van der Waals surface area contributed by atoms with Crippen molar-refractivity contribution >= 4 is 11.8 Å². The first-order chi connectivity index (χ1) is 7.11. The Labute approximate surface area is 97.4 Å². The highest BCUT2D eigenvalue weighted by Crippen LogP contribution is 2.23. The SMILES string of the molecule is CCC(N)Cc1ccc(SC(C)C)cc1. The molecule has 0 saturated heterocycles. The van der Waals surface area contributed by atoms with Gasteiger partial charge in [-0.3, -0.25) is 0 Å². The topological polar surface area (TPSA) is 26.0 Å².